The summed E-state index contributed by atoms with van der Waals surface area (Å²) in [7, 11) is -0.489. The summed E-state index contributed by atoms with van der Waals surface area (Å²) in [5.74, 6) is 1.31. The van der Waals surface area contributed by atoms with E-state index in [4.69, 9.17) is 4.74 Å². The smallest absolute Gasteiger partial charge is 0.411 e. The van der Waals surface area contributed by atoms with Crippen molar-refractivity contribution in [2.24, 2.45) is 17.3 Å². The molecule has 4 rings (SSSR count). The average molecular weight is 637 g/mol. The molecule has 4 nitrogen and oxygen atoms in total. The SMILES string of the molecule is C/C=S(/Nc1ccc(OCCCOCC(F)(F)F)cc1F)c1ccc2c(c1)CCN(CCC1CC=C(C(C)(C)C)C(C)C1)C2. The number of hydrogen-bond donors (Lipinski definition) is 1. The molecule has 1 aliphatic carbocycles. The lowest BCUT2D eigenvalue weighted by molar-refractivity contribution is -0.174. The number of halogens is 4. The van der Waals surface area contributed by atoms with E-state index in [0.717, 1.165) is 36.9 Å². The maximum absolute atomic E-state index is 14.9. The number of fused-ring (bicyclic) bond motifs is 1. The molecule has 0 amide bonds. The van der Waals surface area contributed by atoms with Crippen LogP contribution >= 0.6 is 10.7 Å². The molecule has 9 heteroatoms. The summed E-state index contributed by atoms with van der Waals surface area (Å²) < 4.78 is 64.7. The zero-order valence-corrected chi connectivity index (χ0v) is 27.6. The van der Waals surface area contributed by atoms with Gasteiger partial charge in [0.15, 0.2) is 5.82 Å². The van der Waals surface area contributed by atoms with Gasteiger partial charge in [-0.25, -0.2) is 4.39 Å². The Bertz CT molecular complexity index is 1320. The van der Waals surface area contributed by atoms with Gasteiger partial charge in [-0.3, -0.25) is 4.90 Å². The minimum Gasteiger partial charge on any atom is -0.493 e. The van der Waals surface area contributed by atoms with Crippen LogP contribution in [0.15, 0.2) is 52.9 Å². The monoisotopic (exact) mass is 636 g/mol. The molecule has 0 saturated heterocycles. The molecule has 3 unspecified atom stereocenters. The van der Waals surface area contributed by atoms with Gasteiger partial charge < -0.3 is 14.2 Å². The second-order valence-corrected chi connectivity index (χ2v) is 14.9. The van der Waals surface area contributed by atoms with E-state index in [1.165, 1.54) is 36.5 Å². The van der Waals surface area contributed by atoms with E-state index in [9.17, 15) is 17.6 Å². The van der Waals surface area contributed by atoms with Gasteiger partial charge >= 0.3 is 6.18 Å². The first-order chi connectivity index (χ1) is 20.8. The van der Waals surface area contributed by atoms with Crippen molar-refractivity contribution in [3.63, 3.8) is 0 Å². The number of benzene rings is 2. The van der Waals surface area contributed by atoms with Crippen LogP contribution in [0.3, 0.4) is 0 Å². The minimum absolute atomic E-state index is 0.0776. The predicted molar refractivity (Wildman–Crippen MR) is 174 cm³/mol. The second-order valence-electron chi connectivity index (χ2n) is 13.1. The van der Waals surface area contributed by atoms with Crippen molar-refractivity contribution in [1.29, 1.82) is 0 Å². The van der Waals surface area contributed by atoms with Crippen LogP contribution in [-0.2, 0) is 17.7 Å². The molecule has 2 aromatic carbocycles. The number of hydrogen-bond acceptors (Lipinski definition) is 4. The van der Waals surface area contributed by atoms with E-state index < -0.39 is 29.3 Å². The standard InChI is InChI=1S/C35H48F4N2O2S/c1-6-44(40-33-13-10-29(22-32(33)36)43-19-7-18-42-24-35(37,38)39)30-11-9-28-23-41(17-15-27(28)21-30)16-14-26-8-12-31(25(2)20-26)34(3,4)5/h6,9-13,21-22,25-26,40H,7-8,14-20,23-24H2,1-5H3. The summed E-state index contributed by atoms with van der Waals surface area (Å²) in [4.78, 5) is 3.71. The fraction of sp³-hybridized carbons (Fsp3) is 0.571. The van der Waals surface area contributed by atoms with E-state index in [0.29, 0.717) is 17.4 Å². The summed E-state index contributed by atoms with van der Waals surface area (Å²) in [6, 6.07) is 11.2. The number of alkyl halides is 3. The van der Waals surface area contributed by atoms with Gasteiger partial charge in [0.2, 0.25) is 0 Å². The fourth-order valence-corrected chi connectivity index (χ4v) is 7.75. The van der Waals surface area contributed by atoms with Crippen molar-refractivity contribution >= 4 is 21.7 Å². The molecule has 3 atom stereocenters. The summed E-state index contributed by atoms with van der Waals surface area (Å²) in [5.41, 5.74) is 5.00. The van der Waals surface area contributed by atoms with Crippen molar-refractivity contribution in [3.8, 4) is 5.75 Å². The molecule has 2 aliphatic rings. The molecule has 0 bridgehead atoms. The van der Waals surface area contributed by atoms with E-state index in [2.05, 4.69) is 66.3 Å². The molecule has 1 N–H and O–H groups in total. The van der Waals surface area contributed by atoms with E-state index >= 15 is 0 Å². The number of nitrogens with zero attached hydrogens (tertiary/aromatic N) is 1. The Hall–Kier alpha value is -2.36. The van der Waals surface area contributed by atoms with Crippen LogP contribution in [-0.4, -0.2) is 49.4 Å². The summed E-state index contributed by atoms with van der Waals surface area (Å²) >= 11 is 0. The Balaban J connectivity index is 1.27. The molecule has 0 saturated carbocycles. The minimum atomic E-state index is -4.34. The van der Waals surface area contributed by atoms with Crippen LogP contribution in [0.2, 0.25) is 0 Å². The Morgan fingerprint density at radius 1 is 1.07 bits per heavy atom. The number of allylic oxidation sites excluding steroid dienone is 2. The molecule has 0 fully saturated rings. The molecule has 1 heterocycles. The highest BCUT2D eigenvalue weighted by Gasteiger charge is 2.29. The third-order valence-corrected chi connectivity index (χ3v) is 10.2. The number of rotatable bonds is 12. The summed E-state index contributed by atoms with van der Waals surface area (Å²) in [5, 5.41) is 2.05. The van der Waals surface area contributed by atoms with Gasteiger partial charge in [-0.15, -0.1) is 0 Å². The largest absolute Gasteiger partial charge is 0.493 e. The van der Waals surface area contributed by atoms with E-state index in [1.807, 2.05) is 12.3 Å². The lowest BCUT2D eigenvalue weighted by Gasteiger charge is -2.36. The molecular weight excluding hydrogens is 588 g/mol. The van der Waals surface area contributed by atoms with Crippen LogP contribution in [0.4, 0.5) is 23.2 Å². The van der Waals surface area contributed by atoms with Gasteiger partial charge in [-0.2, -0.15) is 13.2 Å². The van der Waals surface area contributed by atoms with Crippen LogP contribution < -0.4 is 9.46 Å². The third kappa shape index (κ3) is 10.1. The molecule has 244 valence electrons. The molecule has 0 aromatic heterocycles. The van der Waals surface area contributed by atoms with Gasteiger partial charge in [0.25, 0.3) is 0 Å². The van der Waals surface area contributed by atoms with Crippen molar-refractivity contribution in [3.05, 3.63) is 65.0 Å². The Morgan fingerprint density at radius 2 is 1.86 bits per heavy atom. The molecule has 2 aromatic rings. The number of anilines is 1. The molecule has 1 aliphatic heterocycles. The van der Waals surface area contributed by atoms with Crippen molar-refractivity contribution in [2.45, 2.75) is 84.3 Å². The van der Waals surface area contributed by atoms with Gasteiger partial charge in [-0.05, 0) is 97.2 Å². The first-order valence-corrected chi connectivity index (χ1v) is 17.0. The maximum Gasteiger partial charge on any atom is 0.411 e. The highest BCUT2D eigenvalue weighted by molar-refractivity contribution is 8.16. The maximum atomic E-state index is 14.9. The fourth-order valence-electron chi connectivity index (χ4n) is 6.36. The van der Waals surface area contributed by atoms with Crippen LogP contribution in [0.25, 0.3) is 0 Å². The molecular formula is C35H48F4N2O2S. The molecule has 0 radical (unpaired) electrons. The molecule has 44 heavy (non-hydrogen) atoms. The zero-order chi connectivity index (χ0) is 31.9. The quantitative estimate of drug-likeness (QED) is 0.109. The Kier molecular flexibility index (Phi) is 12.0. The van der Waals surface area contributed by atoms with Crippen LogP contribution in [0.5, 0.6) is 5.75 Å². The Labute approximate surface area is 263 Å². The second kappa shape index (κ2) is 15.3. The van der Waals surface area contributed by atoms with Gasteiger partial charge in [0.1, 0.15) is 12.4 Å². The summed E-state index contributed by atoms with van der Waals surface area (Å²) in [6.07, 6.45) is 3.20. The lowest BCUT2D eigenvalue weighted by Crippen LogP contribution is -2.33. The van der Waals surface area contributed by atoms with Crippen molar-refractivity contribution in [1.82, 2.24) is 4.90 Å². The highest BCUT2D eigenvalue weighted by Crippen LogP contribution is 2.40. The predicted octanol–water partition coefficient (Wildman–Crippen LogP) is 9.42. The van der Waals surface area contributed by atoms with Crippen LogP contribution in [0.1, 0.15) is 71.4 Å². The topological polar surface area (TPSA) is 33.7 Å². The normalized spacial score (nSPS) is 20.2. The van der Waals surface area contributed by atoms with Gasteiger partial charge in [-0.1, -0.05) is 56.1 Å². The zero-order valence-electron chi connectivity index (χ0n) is 26.7. The lowest BCUT2D eigenvalue weighted by atomic mass is 9.71. The van der Waals surface area contributed by atoms with Gasteiger partial charge in [0.05, 0.1) is 18.9 Å². The van der Waals surface area contributed by atoms with Crippen molar-refractivity contribution in [2.75, 3.05) is 37.6 Å². The van der Waals surface area contributed by atoms with E-state index in [-0.39, 0.29) is 25.0 Å². The van der Waals surface area contributed by atoms with Gasteiger partial charge in [0, 0.05) is 30.5 Å². The van der Waals surface area contributed by atoms with Crippen LogP contribution in [0, 0.1) is 23.1 Å². The first kappa shape index (κ1) is 34.5. The Morgan fingerprint density at radius 3 is 2.55 bits per heavy atom. The first-order valence-electron chi connectivity index (χ1n) is 15.7. The third-order valence-electron chi connectivity index (χ3n) is 8.50. The van der Waals surface area contributed by atoms with Crippen molar-refractivity contribution < 1.29 is 27.0 Å². The summed E-state index contributed by atoms with van der Waals surface area (Å²) in [6.45, 7) is 13.3. The van der Waals surface area contributed by atoms with E-state index in [1.54, 1.807) is 17.7 Å². The molecule has 0 spiro atoms. The number of nitrogens with one attached hydrogen (secondary N) is 1. The number of ether oxygens (including phenoxy) is 2. The average Bonchev–Trinajstić information content (AvgIpc) is 2.96. The highest BCUT2D eigenvalue weighted by atomic mass is 32.2.